The first-order valence-corrected chi connectivity index (χ1v) is 4.24. The summed E-state index contributed by atoms with van der Waals surface area (Å²) in [5.41, 5.74) is 0. The van der Waals surface area contributed by atoms with Gasteiger partial charge in [-0.1, -0.05) is 20.8 Å². The Morgan fingerprint density at radius 3 is 2.18 bits per heavy atom. The van der Waals surface area contributed by atoms with Crippen molar-refractivity contribution in [3.8, 4) is 0 Å². The number of ketones is 2. The Balaban J connectivity index is 0.000000461. The van der Waals surface area contributed by atoms with E-state index < -0.39 is 0 Å². The molecule has 1 saturated carbocycles. The fraction of sp³-hybridized carbons (Fsp3) is 0.778. The summed E-state index contributed by atoms with van der Waals surface area (Å²) in [6.07, 6.45) is 1.55. The molecule has 1 aliphatic carbocycles. The highest BCUT2D eigenvalue weighted by Gasteiger charge is 2.22. The molecule has 0 aromatic rings. The Morgan fingerprint density at radius 1 is 1.27 bits per heavy atom. The topological polar surface area (TPSA) is 34.1 Å². The van der Waals surface area contributed by atoms with Crippen LogP contribution in [0.1, 0.15) is 40.0 Å². The fourth-order valence-electron chi connectivity index (χ4n) is 0.995. The maximum absolute atomic E-state index is 10.8. The smallest absolute Gasteiger partial charge is 0.143 e. The van der Waals surface area contributed by atoms with Crippen molar-refractivity contribution >= 4 is 11.6 Å². The van der Waals surface area contributed by atoms with E-state index in [2.05, 4.69) is 0 Å². The molecule has 0 saturated heterocycles. The van der Waals surface area contributed by atoms with Gasteiger partial charge in [0.15, 0.2) is 0 Å². The third-order valence-corrected chi connectivity index (χ3v) is 1.78. The van der Waals surface area contributed by atoms with E-state index in [4.69, 9.17) is 0 Å². The zero-order valence-corrected chi connectivity index (χ0v) is 7.52. The van der Waals surface area contributed by atoms with Crippen LogP contribution in [0.4, 0.5) is 0 Å². The lowest BCUT2D eigenvalue weighted by Gasteiger charge is -2.13. The van der Waals surface area contributed by atoms with Crippen LogP contribution in [-0.4, -0.2) is 11.6 Å². The van der Waals surface area contributed by atoms with Crippen molar-refractivity contribution in [2.24, 2.45) is 5.92 Å². The molecule has 2 nitrogen and oxygen atoms in total. The van der Waals surface area contributed by atoms with Crippen molar-refractivity contribution in [2.45, 2.75) is 40.0 Å². The van der Waals surface area contributed by atoms with E-state index in [1.54, 1.807) is 0 Å². The molecule has 0 radical (unpaired) electrons. The Bertz CT molecular complexity index is 150. The lowest BCUT2D eigenvalue weighted by Crippen LogP contribution is -2.22. The Kier molecular flexibility index (Phi) is 4.75. The molecule has 0 aromatic heterocycles. The molecule has 11 heavy (non-hydrogen) atoms. The van der Waals surface area contributed by atoms with E-state index in [-0.39, 0.29) is 23.9 Å². The van der Waals surface area contributed by atoms with Gasteiger partial charge >= 0.3 is 0 Å². The number of hydrogen-bond donors (Lipinski definition) is 0. The SMILES string of the molecule is CC.CC1CCC(=O)CC1=O. The quantitative estimate of drug-likeness (QED) is 0.502. The van der Waals surface area contributed by atoms with Gasteiger partial charge in [0.2, 0.25) is 0 Å². The van der Waals surface area contributed by atoms with Crippen LogP contribution >= 0.6 is 0 Å². The van der Waals surface area contributed by atoms with Crippen LogP contribution in [0.2, 0.25) is 0 Å². The number of carbonyl (C=O) groups excluding carboxylic acids is 2. The van der Waals surface area contributed by atoms with Crippen LogP contribution < -0.4 is 0 Å². The summed E-state index contributed by atoms with van der Waals surface area (Å²) < 4.78 is 0. The second-order valence-corrected chi connectivity index (χ2v) is 2.62. The summed E-state index contributed by atoms with van der Waals surface area (Å²) in [6, 6.07) is 0. The van der Waals surface area contributed by atoms with E-state index in [1.165, 1.54) is 0 Å². The number of hydrogen-bond acceptors (Lipinski definition) is 2. The fourth-order valence-corrected chi connectivity index (χ4v) is 0.995. The van der Waals surface area contributed by atoms with E-state index in [9.17, 15) is 9.59 Å². The summed E-state index contributed by atoms with van der Waals surface area (Å²) >= 11 is 0. The van der Waals surface area contributed by atoms with Crippen LogP contribution in [0.25, 0.3) is 0 Å². The lowest BCUT2D eigenvalue weighted by molar-refractivity contribution is -0.132. The molecule has 0 aromatic carbocycles. The predicted octanol–water partition coefficient (Wildman–Crippen LogP) is 1.97. The minimum atomic E-state index is 0.109. The zero-order chi connectivity index (χ0) is 8.85. The van der Waals surface area contributed by atoms with Crippen molar-refractivity contribution in [1.82, 2.24) is 0 Å². The zero-order valence-electron chi connectivity index (χ0n) is 7.52. The van der Waals surface area contributed by atoms with Gasteiger partial charge < -0.3 is 0 Å². The van der Waals surface area contributed by atoms with E-state index >= 15 is 0 Å². The van der Waals surface area contributed by atoms with Gasteiger partial charge in [-0.3, -0.25) is 9.59 Å². The van der Waals surface area contributed by atoms with Crippen LogP contribution in [0.5, 0.6) is 0 Å². The number of carbonyl (C=O) groups is 2. The van der Waals surface area contributed by atoms with Crippen LogP contribution in [0, 0.1) is 5.92 Å². The Labute approximate surface area is 68.0 Å². The molecule has 0 N–H and O–H groups in total. The molecule has 0 amide bonds. The maximum atomic E-state index is 10.8. The molecular weight excluding hydrogens is 140 g/mol. The first-order valence-electron chi connectivity index (χ1n) is 4.24. The highest BCUT2D eigenvalue weighted by molar-refractivity contribution is 6.02. The monoisotopic (exact) mass is 156 g/mol. The number of Topliss-reactive ketones (excluding diaryl/α,β-unsaturated/α-hetero) is 2. The molecule has 64 valence electrons. The molecule has 1 fully saturated rings. The molecule has 0 aliphatic heterocycles. The first-order chi connectivity index (χ1) is 5.20. The summed E-state index contributed by atoms with van der Waals surface area (Å²) in [5, 5.41) is 0. The van der Waals surface area contributed by atoms with Crippen molar-refractivity contribution in [3.05, 3.63) is 0 Å². The van der Waals surface area contributed by atoms with Gasteiger partial charge in [-0.2, -0.15) is 0 Å². The Hall–Kier alpha value is -0.660. The maximum Gasteiger partial charge on any atom is 0.143 e. The average molecular weight is 156 g/mol. The van der Waals surface area contributed by atoms with E-state index in [1.807, 2.05) is 20.8 Å². The average Bonchev–Trinajstić information content (AvgIpc) is 2.02. The molecular formula is C9H16O2. The molecule has 2 heteroatoms. The van der Waals surface area contributed by atoms with Gasteiger partial charge in [0.25, 0.3) is 0 Å². The number of rotatable bonds is 0. The molecule has 0 heterocycles. The van der Waals surface area contributed by atoms with Gasteiger partial charge in [0.1, 0.15) is 11.6 Å². The minimum Gasteiger partial charge on any atom is -0.299 e. The summed E-state index contributed by atoms with van der Waals surface area (Å²) in [6.45, 7) is 5.88. The van der Waals surface area contributed by atoms with Crippen LogP contribution in [0.15, 0.2) is 0 Å². The van der Waals surface area contributed by atoms with Gasteiger partial charge in [0, 0.05) is 12.3 Å². The molecule has 1 aliphatic rings. The molecule has 1 rings (SSSR count). The van der Waals surface area contributed by atoms with Crippen molar-refractivity contribution < 1.29 is 9.59 Å². The lowest BCUT2D eigenvalue weighted by atomic mass is 9.89. The third-order valence-electron chi connectivity index (χ3n) is 1.78. The highest BCUT2D eigenvalue weighted by Crippen LogP contribution is 2.16. The molecule has 0 spiro atoms. The van der Waals surface area contributed by atoms with Gasteiger partial charge in [-0.05, 0) is 6.42 Å². The van der Waals surface area contributed by atoms with Gasteiger partial charge in [0.05, 0.1) is 6.42 Å². The van der Waals surface area contributed by atoms with Crippen LogP contribution in [-0.2, 0) is 9.59 Å². The first kappa shape index (κ1) is 10.3. The second kappa shape index (κ2) is 5.05. The minimum absolute atomic E-state index is 0.109. The molecule has 1 atom stereocenters. The van der Waals surface area contributed by atoms with Gasteiger partial charge in [-0.25, -0.2) is 0 Å². The van der Waals surface area contributed by atoms with Crippen molar-refractivity contribution in [2.75, 3.05) is 0 Å². The largest absolute Gasteiger partial charge is 0.299 e. The summed E-state index contributed by atoms with van der Waals surface area (Å²) in [4.78, 5) is 21.4. The predicted molar refractivity (Wildman–Crippen MR) is 44.4 cm³/mol. The van der Waals surface area contributed by atoms with Gasteiger partial charge in [-0.15, -0.1) is 0 Å². The summed E-state index contributed by atoms with van der Waals surface area (Å²) in [5.74, 6) is 0.354. The Morgan fingerprint density at radius 2 is 1.82 bits per heavy atom. The molecule has 0 bridgehead atoms. The van der Waals surface area contributed by atoms with E-state index in [0.717, 1.165) is 6.42 Å². The van der Waals surface area contributed by atoms with Crippen molar-refractivity contribution in [1.29, 1.82) is 0 Å². The standard InChI is InChI=1S/C7H10O2.C2H6/c1-5-2-3-6(8)4-7(5)9;1-2/h5H,2-4H2,1H3;1-2H3. The van der Waals surface area contributed by atoms with E-state index in [0.29, 0.717) is 6.42 Å². The normalized spacial score (nSPS) is 24.1. The second-order valence-electron chi connectivity index (χ2n) is 2.62. The van der Waals surface area contributed by atoms with Crippen LogP contribution in [0.3, 0.4) is 0 Å². The highest BCUT2D eigenvalue weighted by atomic mass is 16.1. The third kappa shape index (κ3) is 3.30. The summed E-state index contributed by atoms with van der Waals surface area (Å²) in [7, 11) is 0. The molecule has 1 unspecified atom stereocenters. The van der Waals surface area contributed by atoms with Crippen molar-refractivity contribution in [3.63, 3.8) is 0 Å².